The molecule has 0 amide bonds. The number of aromatic carboxylic acids is 1. The first kappa shape index (κ1) is 9.72. The third-order valence-corrected chi connectivity index (χ3v) is 2.49. The quantitative estimate of drug-likeness (QED) is 0.831. The van der Waals surface area contributed by atoms with Gasteiger partial charge in [-0.3, -0.25) is 0 Å². The van der Waals surface area contributed by atoms with Crippen molar-refractivity contribution < 1.29 is 14.3 Å². The number of hydrogen-bond acceptors (Lipinski definition) is 5. The molecule has 0 unspecified atom stereocenters. The third kappa shape index (κ3) is 2.35. The Morgan fingerprint density at radius 1 is 1.60 bits per heavy atom. The van der Waals surface area contributed by atoms with E-state index >= 15 is 0 Å². The Kier molecular flexibility index (Phi) is 2.68. The maximum Gasteiger partial charge on any atom is 0.371 e. The Bertz CT molecular complexity index is 450. The number of hydrogen-bond donors (Lipinski definition) is 2. The minimum atomic E-state index is -1.07. The standard InChI is InChI=1S/C9H8N2O3S/c12-9(13)6-1-2-7(14-6)11-5-8-10-3-4-15-8/h1-4,11H,5H2,(H,12,13). The predicted molar refractivity (Wildman–Crippen MR) is 55.1 cm³/mol. The van der Waals surface area contributed by atoms with Gasteiger partial charge in [0.25, 0.3) is 0 Å². The highest BCUT2D eigenvalue weighted by Gasteiger charge is 2.08. The Labute approximate surface area is 89.4 Å². The van der Waals surface area contributed by atoms with Crippen molar-refractivity contribution in [3.8, 4) is 0 Å². The Balaban J connectivity index is 1.96. The van der Waals surface area contributed by atoms with E-state index in [4.69, 9.17) is 9.52 Å². The van der Waals surface area contributed by atoms with Crippen molar-refractivity contribution in [2.24, 2.45) is 0 Å². The Hall–Kier alpha value is -1.82. The number of thiazole rings is 1. The summed E-state index contributed by atoms with van der Waals surface area (Å²) < 4.78 is 5.01. The topological polar surface area (TPSA) is 75.4 Å². The van der Waals surface area contributed by atoms with Crippen molar-refractivity contribution in [1.82, 2.24) is 4.98 Å². The van der Waals surface area contributed by atoms with Crippen LogP contribution >= 0.6 is 11.3 Å². The summed E-state index contributed by atoms with van der Waals surface area (Å²) in [6, 6.07) is 2.99. The van der Waals surface area contributed by atoms with Gasteiger partial charge in [0.1, 0.15) is 5.01 Å². The van der Waals surface area contributed by atoms with Gasteiger partial charge in [-0.15, -0.1) is 11.3 Å². The van der Waals surface area contributed by atoms with E-state index in [0.29, 0.717) is 12.4 Å². The van der Waals surface area contributed by atoms with Gasteiger partial charge in [0.2, 0.25) is 5.76 Å². The summed E-state index contributed by atoms with van der Waals surface area (Å²) in [6.07, 6.45) is 1.71. The fourth-order valence-electron chi connectivity index (χ4n) is 1.05. The van der Waals surface area contributed by atoms with Crippen LogP contribution in [0.1, 0.15) is 15.6 Å². The van der Waals surface area contributed by atoms with Crippen LogP contribution in [0.4, 0.5) is 5.88 Å². The molecule has 0 radical (unpaired) electrons. The van der Waals surface area contributed by atoms with Gasteiger partial charge in [-0.2, -0.15) is 0 Å². The lowest BCUT2D eigenvalue weighted by Gasteiger charge is -1.98. The van der Waals surface area contributed by atoms with E-state index in [1.165, 1.54) is 17.4 Å². The molecular weight excluding hydrogens is 216 g/mol. The molecule has 78 valence electrons. The summed E-state index contributed by atoms with van der Waals surface area (Å²) in [5.41, 5.74) is 0. The van der Waals surface area contributed by atoms with Crippen molar-refractivity contribution >= 4 is 23.2 Å². The Morgan fingerprint density at radius 2 is 2.47 bits per heavy atom. The zero-order valence-corrected chi connectivity index (χ0v) is 8.45. The monoisotopic (exact) mass is 224 g/mol. The zero-order chi connectivity index (χ0) is 10.7. The van der Waals surface area contributed by atoms with Crippen LogP contribution in [0.15, 0.2) is 28.1 Å². The van der Waals surface area contributed by atoms with Crippen LogP contribution in [0.3, 0.4) is 0 Å². The molecule has 0 aliphatic rings. The molecule has 2 N–H and O–H groups in total. The van der Waals surface area contributed by atoms with Gasteiger partial charge in [0.05, 0.1) is 6.54 Å². The normalized spacial score (nSPS) is 10.1. The molecule has 0 saturated heterocycles. The molecule has 0 bridgehead atoms. The summed E-state index contributed by atoms with van der Waals surface area (Å²) >= 11 is 1.52. The number of carboxylic acids is 1. The molecule has 5 nitrogen and oxygen atoms in total. The summed E-state index contributed by atoms with van der Waals surface area (Å²) in [7, 11) is 0. The predicted octanol–water partition coefficient (Wildman–Crippen LogP) is 2.05. The van der Waals surface area contributed by atoms with Crippen LogP contribution in [0.25, 0.3) is 0 Å². The lowest BCUT2D eigenvalue weighted by atomic mass is 10.4. The van der Waals surface area contributed by atoms with Crippen molar-refractivity contribution in [3.63, 3.8) is 0 Å². The number of furan rings is 1. The van der Waals surface area contributed by atoms with Gasteiger partial charge in [-0.25, -0.2) is 9.78 Å². The number of carbonyl (C=O) groups is 1. The van der Waals surface area contributed by atoms with Gasteiger partial charge < -0.3 is 14.8 Å². The van der Waals surface area contributed by atoms with Gasteiger partial charge in [-0.05, 0) is 6.07 Å². The first-order chi connectivity index (χ1) is 7.25. The second-order valence-corrected chi connectivity index (χ2v) is 3.73. The molecule has 0 aromatic carbocycles. The maximum absolute atomic E-state index is 10.5. The number of rotatable bonds is 4. The second-order valence-electron chi connectivity index (χ2n) is 2.75. The molecule has 0 aliphatic heterocycles. The van der Waals surface area contributed by atoms with Gasteiger partial charge in [0.15, 0.2) is 5.88 Å². The number of anilines is 1. The van der Waals surface area contributed by atoms with E-state index in [-0.39, 0.29) is 5.76 Å². The summed E-state index contributed by atoms with van der Waals surface area (Å²) in [6.45, 7) is 0.532. The lowest BCUT2D eigenvalue weighted by molar-refractivity contribution is 0.0663. The van der Waals surface area contributed by atoms with Crippen LogP contribution in [0.2, 0.25) is 0 Å². The molecule has 15 heavy (non-hydrogen) atoms. The molecule has 6 heteroatoms. The van der Waals surface area contributed by atoms with Gasteiger partial charge in [-0.1, -0.05) is 0 Å². The van der Waals surface area contributed by atoms with E-state index < -0.39 is 5.97 Å². The number of nitrogens with one attached hydrogen (secondary N) is 1. The first-order valence-electron chi connectivity index (χ1n) is 4.21. The Morgan fingerprint density at radius 3 is 3.07 bits per heavy atom. The second kappa shape index (κ2) is 4.14. The summed E-state index contributed by atoms with van der Waals surface area (Å²) in [5, 5.41) is 14.4. The van der Waals surface area contributed by atoms with E-state index in [2.05, 4.69) is 10.3 Å². The maximum atomic E-state index is 10.5. The van der Waals surface area contributed by atoms with Crippen molar-refractivity contribution in [1.29, 1.82) is 0 Å². The van der Waals surface area contributed by atoms with E-state index in [9.17, 15) is 4.79 Å². The average molecular weight is 224 g/mol. The lowest BCUT2D eigenvalue weighted by Crippen LogP contribution is -1.97. The van der Waals surface area contributed by atoms with Crippen molar-refractivity contribution in [3.05, 3.63) is 34.5 Å². The van der Waals surface area contributed by atoms with E-state index in [1.54, 1.807) is 12.3 Å². The molecule has 0 saturated carbocycles. The zero-order valence-electron chi connectivity index (χ0n) is 7.64. The molecule has 0 atom stereocenters. The number of aromatic nitrogens is 1. The van der Waals surface area contributed by atoms with Gasteiger partial charge >= 0.3 is 5.97 Å². The van der Waals surface area contributed by atoms with E-state index in [1.807, 2.05) is 5.38 Å². The fraction of sp³-hybridized carbons (Fsp3) is 0.111. The molecule has 2 aromatic heterocycles. The van der Waals surface area contributed by atoms with Crippen LogP contribution in [0, 0.1) is 0 Å². The van der Waals surface area contributed by atoms with E-state index in [0.717, 1.165) is 5.01 Å². The SMILES string of the molecule is O=C(O)c1ccc(NCc2nccs2)o1. The highest BCUT2D eigenvalue weighted by molar-refractivity contribution is 7.09. The smallest absolute Gasteiger partial charge is 0.371 e. The highest BCUT2D eigenvalue weighted by atomic mass is 32.1. The molecular formula is C9H8N2O3S. The minimum Gasteiger partial charge on any atom is -0.475 e. The molecule has 0 spiro atoms. The third-order valence-electron chi connectivity index (χ3n) is 1.71. The number of nitrogens with zero attached hydrogens (tertiary/aromatic N) is 1. The molecule has 0 fully saturated rings. The fourth-order valence-corrected chi connectivity index (χ4v) is 1.61. The first-order valence-corrected chi connectivity index (χ1v) is 5.09. The van der Waals surface area contributed by atoms with Crippen molar-refractivity contribution in [2.75, 3.05) is 5.32 Å². The van der Waals surface area contributed by atoms with Gasteiger partial charge in [0, 0.05) is 17.6 Å². The molecule has 2 rings (SSSR count). The van der Waals surface area contributed by atoms with Crippen LogP contribution in [-0.4, -0.2) is 16.1 Å². The summed E-state index contributed by atoms with van der Waals surface area (Å²) in [5.74, 6) is -0.712. The minimum absolute atomic E-state index is 0.0726. The highest BCUT2D eigenvalue weighted by Crippen LogP contribution is 2.14. The average Bonchev–Trinajstić information content (AvgIpc) is 2.86. The molecule has 2 aromatic rings. The largest absolute Gasteiger partial charge is 0.475 e. The molecule has 2 heterocycles. The molecule has 0 aliphatic carbocycles. The van der Waals surface area contributed by atoms with Crippen LogP contribution in [0.5, 0.6) is 0 Å². The van der Waals surface area contributed by atoms with Crippen molar-refractivity contribution in [2.45, 2.75) is 6.54 Å². The summed E-state index contributed by atoms with van der Waals surface area (Å²) in [4.78, 5) is 14.6. The van der Waals surface area contributed by atoms with Crippen LogP contribution < -0.4 is 5.32 Å². The number of carboxylic acid groups (broad SMARTS) is 1. The van der Waals surface area contributed by atoms with Crippen LogP contribution in [-0.2, 0) is 6.54 Å².